The van der Waals surface area contributed by atoms with E-state index < -0.39 is 47.9 Å². The Morgan fingerprint density at radius 1 is 1.20 bits per heavy atom. The lowest BCUT2D eigenvalue weighted by atomic mass is 10.1. The summed E-state index contributed by atoms with van der Waals surface area (Å²) in [6.07, 6.45) is 3.57. The molecule has 30 heavy (non-hydrogen) atoms. The molecule has 3 amide bonds. The number of aliphatic hydroxyl groups is 1. The van der Waals surface area contributed by atoms with Crippen LogP contribution in [0.3, 0.4) is 0 Å². The van der Waals surface area contributed by atoms with E-state index in [-0.39, 0.29) is 19.4 Å². The van der Waals surface area contributed by atoms with Crippen molar-refractivity contribution >= 4 is 35.5 Å². The van der Waals surface area contributed by atoms with Gasteiger partial charge in [-0.1, -0.05) is 0 Å². The number of amides is 3. The lowest BCUT2D eigenvalue weighted by Crippen LogP contribution is -2.59. The maximum absolute atomic E-state index is 12.7. The number of nitrogens with zero attached hydrogens (tertiary/aromatic N) is 1. The van der Waals surface area contributed by atoms with Crippen LogP contribution in [-0.2, 0) is 25.6 Å². The number of hydrogen-bond donors (Lipinski definition) is 7. The fourth-order valence-corrected chi connectivity index (χ4v) is 2.96. The first-order chi connectivity index (χ1) is 14.2. The SMILES string of the molecule is CSCCC(NC(=O)C(NC(=O)C(Cc1cnc[nH]1)NC(=O)CN)C(C)O)C(=O)O. The minimum Gasteiger partial charge on any atom is -0.480 e. The van der Waals surface area contributed by atoms with Gasteiger partial charge in [0.25, 0.3) is 0 Å². The smallest absolute Gasteiger partial charge is 0.326 e. The molecule has 0 aliphatic rings. The molecule has 0 radical (unpaired) electrons. The molecule has 1 rings (SSSR count). The molecule has 0 fully saturated rings. The second-order valence-corrected chi connectivity index (χ2v) is 7.50. The Morgan fingerprint density at radius 3 is 2.40 bits per heavy atom. The number of thioether (sulfide) groups is 1. The van der Waals surface area contributed by atoms with Crippen LogP contribution in [0.15, 0.2) is 12.5 Å². The van der Waals surface area contributed by atoms with Crippen LogP contribution in [-0.4, -0.2) is 86.7 Å². The van der Waals surface area contributed by atoms with E-state index in [1.807, 2.05) is 0 Å². The van der Waals surface area contributed by atoms with Crippen molar-refractivity contribution in [3.63, 3.8) is 0 Å². The Labute approximate surface area is 177 Å². The average molecular weight is 445 g/mol. The number of aromatic nitrogens is 2. The summed E-state index contributed by atoms with van der Waals surface area (Å²) in [6.45, 7) is 0.938. The monoisotopic (exact) mass is 444 g/mol. The number of imidazole rings is 1. The quantitative estimate of drug-likeness (QED) is 0.173. The molecule has 4 unspecified atom stereocenters. The third kappa shape index (κ3) is 8.39. The van der Waals surface area contributed by atoms with Gasteiger partial charge in [-0.25, -0.2) is 9.78 Å². The van der Waals surface area contributed by atoms with Gasteiger partial charge in [-0.05, 0) is 25.4 Å². The molecule has 168 valence electrons. The molecular weight excluding hydrogens is 416 g/mol. The van der Waals surface area contributed by atoms with Crippen LogP contribution in [0.25, 0.3) is 0 Å². The van der Waals surface area contributed by atoms with Gasteiger partial charge in [-0.2, -0.15) is 11.8 Å². The normalized spacial score (nSPS) is 14.8. The maximum atomic E-state index is 12.7. The van der Waals surface area contributed by atoms with Gasteiger partial charge < -0.3 is 36.9 Å². The Balaban J connectivity index is 2.90. The zero-order valence-corrected chi connectivity index (χ0v) is 17.6. The van der Waals surface area contributed by atoms with E-state index in [4.69, 9.17) is 5.73 Å². The highest BCUT2D eigenvalue weighted by Gasteiger charge is 2.32. The van der Waals surface area contributed by atoms with Crippen molar-refractivity contribution < 1.29 is 29.4 Å². The fraction of sp³-hybridized carbons (Fsp3) is 0.588. The van der Waals surface area contributed by atoms with Gasteiger partial charge in [0.1, 0.15) is 18.1 Å². The first-order valence-electron chi connectivity index (χ1n) is 9.16. The number of carboxylic acids is 1. The summed E-state index contributed by atoms with van der Waals surface area (Å²) in [5, 5.41) is 26.4. The van der Waals surface area contributed by atoms with Crippen molar-refractivity contribution in [2.24, 2.45) is 5.73 Å². The molecule has 0 spiro atoms. The Kier molecular flexibility index (Phi) is 10.9. The lowest BCUT2D eigenvalue weighted by molar-refractivity contribution is -0.143. The van der Waals surface area contributed by atoms with E-state index >= 15 is 0 Å². The van der Waals surface area contributed by atoms with Crippen LogP contribution in [0.4, 0.5) is 0 Å². The highest BCUT2D eigenvalue weighted by Crippen LogP contribution is 2.04. The number of carboxylic acid groups (broad SMARTS) is 1. The predicted octanol–water partition coefficient (Wildman–Crippen LogP) is -2.42. The first kappa shape index (κ1) is 25.4. The highest BCUT2D eigenvalue weighted by atomic mass is 32.2. The van der Waals surface area contributed by atoms with E-state index in [1.165, 1.54) is 31.2 Å². The standard InChI is InChI=1S/C17H28N6O6S/c1-9(24)14(16(27)22-11(17(28)29)3-4-30-2)23-15(26)12(21-13(25)6-18)5-10-7-19-8-20-10/h7-9,11-12,14,24H,3-6,18H2,1-2H3,(H,19,20)(H,21,25)(H,22,27)(H,23,26)(H,28,29). The van der Waals surface area contributed by atoms with Crippen LogP contribution in [0.1, 0.15) is 19.0 Å². The van der Waals surface area contributed by atoms with Crippen molar-refractivity contribution in [1.29, 1.82) is 0 Å². The molecule has 1 heterocycles. The highest BCUT2D eigenvalue weighted by molar-refractivity contribution is 7.98. The molecule has 0 aliphatic heterocycles. The molecule has 1 aromatic rings. The van der Waals surface area contributed by atoms with Gasteiger partial charge in [0.05, 0.1) is 19.0 Å². The molecule has 0 saturated carbocycles. The van der Waals surface area contributed by atoms with Crippen LogP contribution in [0, 0.1) is 0 Å². The largest absolute Gasteiger partial charge is 0.480 e. The Hall–Kier alpha value is -2.64. The second-order valence-electron chi connectivity index (χ2n) is 6.51. The topological polar surface area (TPSA) is 200 Å². The second kappa shape index (κ2) is 12.8. The first-order valence-corrected chi connectivity index (χ1v) is 10.6. The number of carbonyl (C=O) groups excluding carboxylic acids is 3. The van der Waals surface area contributed by atoms with Crippen molar-refractivity contribution in [2.45, 2.75) is 44.0 Å². The van der Waals surface area contributed by atoms with Gasteiger partial charge in [0.2, 0.25) is 17.7 Å². The third-order valence-corrected chi connectivity index (χ3v) is 4.75. The van der Waals surface area contributed by atoms with Crippen molar-refractivity contribution in [3.05, 3.63) is 18.2 Å². The number of carbonyl (C=O) groups is 4. The van der Waals surface area contributed by atoms with Gasteiger partial charge in [-0.3, -0.25) is 14.4 Å². The molecule has 12 nitrogen and oxygen atoms in total. The van der Waals surface area contributed by atoms with Crippen molar-refractivity contribution in [3.8, 4) is 0 Å². The molecule has 4 atom stereocenters. The summed E-state index contributed by atoms with van der Waals surface area (Å²) in [5.41, 5.74) is 5.84. The number of aliphatic carboxylic acids is 1. The van der Waals surface area contributed by atoms with E-state index in [0.29, 0.717) is 11.4 Å². The summed E-state index contributed by atoms with van der Waals surface area (Å²) in [6, 6.07) is -3.68. The summed E-state index contributed by atoms with van der Waals surface area (Å²) in [4.78, 5) is 54.9. The van der Waals surface area contributed by atoms with Crippen LogP contribution in [0.5, 0.6) is 0 Å². The number of H-pyrrole nitrogens is 1. The summed E-state index contributed by atoms with van der Waals surface area (Å²) in [5.74, 6) is -2.91. The van der Waals surface area contributed by atoms with Crippen molar-refractivity contribution in [1.82, 2.24) is 25.9 Å². The van der Waals surface area contributed by atoms with Gasteiger partial charge in [0.15, 0.2) is 0 Å². The Morgan fingerprint density at radius 2 is 1.90 bits per heavy atom. The lowest BCUT2D eigenvalue weighted by Gasteiger charge is -2.25. The van der Waals surface area contributed by atoms with Crippen LogP contribution in [0.2, 0.25) is 0 Å². The molecule has 13 heteroatoms. The fourth-order valence-electron chi connectivity index (χ4n) is 2.49. The van der Waals surface area contributed by atoms with Gasteiger partial charge in [0, 0.05) is 18.3 Å². The Bertz CT molecular complexity index is 714. The average Bonchev–Trinajstić information content (AvgIpc) is 3.20. The van der Waals surface area contributed by atoms with E-state index in [2.05, 4.69) is 25.9 Å². The van der Waals surface area contributed by atoms with Crippen LogP contribution < -0.4 is 21.7 Å². The predicted molar refractivity (Wildman–Crippen MR) is 109 cm³/mol. The summed E-state index contributed by atoms with van der Waals surface area (Å²) < 4.78 is 0. The number of nitrogens with one attached hydrogen (secondary N) is 4. The van der Waals surface area contributed by atoms with Gasteiger partial charge in [-0.15, -0.1) is 0 Å². The van der Waals surface area contributed by atoms with E-state index in [9.17, 15) is 29.4 Å². The zero-order valence-electron chi connectivity index (χ0n) is 16.8. The molecule has 0 aromatic carbocycles. The zero-order chi connectivity index (χ0) is 22.7. The summed E-state index contributed by atoms with van der Waals surface area (Å²) >= 11 is 1.42. The van der Waals surface area contributed by atoms with Gasteiger partial charge >= 0.3 is 5.97 Å². The number of hydrogen-bond acceptors (Lipinski definition) is 8. The number of aromatic amines is 1. The third-order valence-electron chi connectivity index (χ3n) is 4.10. The molecular formula is C17H28N6O6S. The summed E-state index contributed by atoms with van der Waals surface area (Å²) in [7, 11) is 0. The maximum Gasteiger partial charge on any atom is 0.326 e. The van der Waals surface area contributed by atoms with Crippen LogP contribution >= 0.6 is 11.8 Å². The number of nitrogens with two attached hydrogens (primary N) is 1. The van der Waals surface area contributed by atoms with E-state index in [0.717, 1.165) is 0 Å². The van der Waals surface area contributed by atoms with E-state index in [1.54, 1.807) is 6.26 Å². The molecule has 1 aromatic heterocycles. The molecule has 0 bridgehead atoms. The number of rotatable bonds is 13. The minimum atomic E-state index is -1.42. The van der Waals surface area contributed by atoms with Crippen molar-refractivity contribution in [2.75, 3.05) is 18.6 Å². The molecule has 8 N–H and O–H groups in total. The minimum absolute atomic E-state index is 0.0389. The number of aliphatic hydroxyl groups excluding tert-OH is 1. The molecule has 0 aliphatic carbocycles. The molecule has 0 saturated heterocycles.